The van der Waals surface area contributed by atoms with Gasteiger partial charge in [-0.15, -0.1) is 11.3 Å². The van der Waals surface area contributed by atoms with Crippen molar-refractivity contribution in [2.24, 2.45) is 0 Å². The smallest absolute Gasteiger partial charge is 0.280 e. The molecular formula is C16H12BrN3OS. The maximum absolute atomic E-state index is 12.8. The SMILES string of the molecule is Cc1[nH]nc2c1[C@@H](c1cccs1)N(c1ccc(Br)cc1)C2=O. The number of carbonyl (C=O) groups is 1. The molecule has 0 saturated carbocycles. The van der Waals surface area contributed by atoms with Crippen molar-refractivity contribution in [2.75, 3.05) is 4.90 Å². The average molecular weight is 374 g/mol. The highest BCUT2D eigenvalue weighted by atomic mass is 79.9. The van der Waals surface area contributed by atoms with E-state index < -0.39 is 0 Å². The second kappa shape index (κ2) is 5.07. The maximum atomic E-state index is 12.8. The highest BCUT2D eigenvalue weighted by molar-refractivity contribution is 9.10. The summed E-state index contributed by atoms with van der Waals surface area (Å²) in [5, 5.41) is 9.19. The second-order valence-electron chi connectivity index (χ2n) is 5.18. The highest BCUT2D eigenvalue weighted by Crippen LogP contribution is 2.43. The van der Waals surface area contributed by atoms with E-state index in [1.165, 1.54) is 0 Å². The van der Waals surface area contributed by atoms with Crippen LogP contribution in [-0.4, -0.2) is 16.1 Å². The number of carbonyl (C=O) groups excluding carboxylic acids is 1. The van der Waals surface area contributed by atoms with Crippen molar-refractivity contribution in [3.8, 4) is 0 Å². The molecule has 1 N–H and O–H groups in total. The summed E-state index contributed by atoms with van der Waals surface area (Å²) in [6.07, 6.45) is 0. The van der Waals surface area contributed by atoms with Gasteiger partial charge in [-0.05, 0) is 42.6 Å². The maximum Gasteiger partial charge on any atom is 0.280 e. The Bertz CT molecular complexity index is 839. The Morgan fingerprint density at radius 1 is 1.27 bits per heavy atom. The highest BCUT2D eigenvalue weighted by Gasteiger charge is 2.42. The molecule has 4 rings (SSSR count). The molecule has 0 spiro atoms. The minimum atomic E-state index is -0.109. The topological polar surface area (TPSA) is 49.0 Å². The van der Waals surface area contributed by atoms with Crippen LogP contribution in [0.15, 0.2) is 46.3 Å². The van der Waals surface area contributed by atoms with Crippen molar-refractivity contribution in [2.45, 2.75) is 13.0 Å². The summed E-state index contributed by atoms with van der Waals surface area (Å²) in [7, 11) is 0. The number of anilines is 1. The number of halogens is 1. The van der Waals surface area contributed by atoms with Crippen molar-refractivity contribution in [3.63, 3.8) is 0 Å². The quantitative estimate of drug-likeness (QED) is 0.728. The van der Waals surface area contributed by atoms with Crippen LogP contribution < -0.4 is 4.90 Å². The van der Waals surface area contributed by atoms with Crippen molar-refractivity contribution in [3.05, 3.63) is 68.1 Å². The first-order valence-electron chi connectivity index (χ1n) is 6.84. The van der Waals surface area contributed by atoms with Gasteiger partial charge < -0.3 is 0 Å². The summed E-state index contributed by atoms with van der Waals surface area (Å²) >= 11 is 5.09. The van der Waals surface area contributed by atoms with Gasteiger partial charge in [-0.1, -0.05) is 22.0 Å². The average Bonchev–Trinajstić information content (AvgIpc) is 3.20. The Hall–Kier alpha value is -1.92. The normalized spacial score (nSPS) is 17.1. The third-order valence-electron chi connectivity index (χ3n) is 3.87. The number of H-pyrrole nitrogens is 1. The molecule has 0 aliphatic carbocycles. The summed E-state index contributed by atoms with van der Waals surface area (Å²) in [6, 6.07) is 11.8. The zero-order valence-electron chi connectivity index (χ0n) is 11.7. The van der Waals surface area contributed by atoms with Crippen molar-refractivity contribution in [1.82, 2.24) is 10.2 Å². The molecule has 6 heteroatoms. The summed E-state index contributed by atoms with van der Waals surface area (Å²) in [6.45, 7) is 1.96. The minimum Gasteiger partial charge on any atom is -0.294 e. The Morgan fingerprint density at radius 3 is 2.73 bits per heavy atom. The van der Waals surface area contributed by atoms with E-state index >= 15 is 0 Å². The standard InChI is InChI=1S/C16H12BrN3OS/c1-9-13-14(19-18-9)16(21)20(11-6-4-10(17)5-7-11)15(13)12-3-2-8-22-12/h2-8,15H,1H3,(H,18,19)/t15-/m1/s1. The van der Waals surface area contributed by atoms with Gasteiger partial charge in [0.15, 0.2) is 5.69 Å². The van der Waals surface area contributed by atoms with E-state index in [9.17, 15) is 4.79 Å². The molecule has 3 aromatic rings. The fraction of sp³-hybridized carbons (Fsp3) is 0.125. The van der Waals surface area contributed by atoms with Gasteiger partial charge in [-0.3, -0.25) is 14.8 Å². The minimum absolute atomic E-state index is 0.0555. The Kier molecular flexibility index (Phi) is 3.16. The Labute approximate surface area is 139 Å². The van der Waals surface area contributed by atoms with Gasteiger partial charge in [0.05, 0.1) is 0 Å². The number of fused-ring (bicyclic) bond motifs is 1. The molecule has 0 bridgehead atoms. The number of amides is 1. The van der Waals surface area contributed by atoms with Crippen LogP contribution in [0.5, 0.6) is 0 Å². The predicted octanol–water partition coefficient (Wildman–Crippen LogP) is 4.29. The third kappa shape index (κ3) is 1.94. The van der Waals surface area contributed by atoms with Crippen LogP contribution in [0.3, 0.4) is 0 Å². The molecule has 0 unspecified atom stereocenters. The lowest BCUT2D eigenvalue weighted by Crippen LogP contribution is -2.28. The molecule has 1 aliphatic rings. The molecule has 0 saturated heterocycles. The van der Waals surface area contributed by atoms with E-state index in [2.05, 4.69) is 32.2 Å². The van der Waals surface area contributed by atoms with Gasteiger partial charge >= 0.3 is 0 Å². The lowest BCUT2D eigenvalue weighted by Gasteiger charge is -2.25. The van der Waals surface area contributed by atoms with Crippen LogP contribution in [0.25, 0.3) is 0 Å². The molecule has 22 heavy (non-hydrogen) atoms. The molecule has 3 heterocycles. The summed E-state index contributed by atoms with van der Waals surface area (Å²) in [4.78, 5) is 15.8. The number of benzene rings is 1. The van der Waals surface area contributed by atoms with Crippen LogP contribution in [0.1, 0.15) is 32.7 Å². The van der Waals surface area contributed by atoms with Crippen molar-refractivity contribution in [1.29, 1.82) is 0 Å². The van der Waals surface area contributed by atoms with E-state index in [0.29, 0.717) is 5.69 Å². The number of nitrogens with zero attached hydrogens (tertiary/aromatic N) is 2. The zero-order chi connectivity index (χ0) is 15.3. The first-order valence-corrected chi connectivity index (χ1v) is 8.51. The van der Waals surface area contributed by atoms with E-state index in [-0.39, 0.29) is 11.9 Å². The number of aryl methyl sites for hydroxylation is 1. The number of aromatic nitrogens is 2. The molecule has 1 amide bonds. The Balaban J connectivity index is 1.90. The van der Waals surface area contributed by atoms with E-state index in [0.717, 1.165) is 26.3 Å². The van der Waals surface area contributed by atoms with E-state index in [4.69, 9.17) is 0 Å². The van der Waals surface area contributed by atoms with Gasteiger partial charge in [-0.2, -0.15) is 5.10 Å². The van der Waals surface area contributed by atoms with Gasteiger partial charge in [0.2, 0.25) is 0 Å². The van der Waals surface area contributed by atoms with Crippen LogP contribution in [-0.2, 0) is 0 Å². The first kappa shape index (κ1) is 13.7. The summed E-state index contributed by atoms with van der Waals surface area (Å²) < 4.78 is 0.991. The molecule has 0 fully saturated rings. The number of aromatic amines is 1. The number of nitrogens with one attached hydrogen (secondary N) is 1. The predicted molar refractivity (Wildman–Crippen MR) is 90.4 cm³/mol. The molecule has 0 radical (unpaired) electrons. The fourth-order valence-electron chi connectivity index (χ4n) is 2.88. The molecular weight excluding hydrogens is 362 g/mol. The summed E-state index contributed by atoms with van der Waals surface area (Å²) in [5.41, 5.74) is 3.33. The van der Waals surface area contributed by atoms with Gasteiger partial charge in [0.25, 0.3) is 5.91 Å². The number of hydrogen-bond donors (Lipinski definition) is 1. The van der Waals surface area contributed by atoms with Crippen LogP contribution >= 0.6 is 27.3 Å². The monoisotopic (exact) mass is 373 g/mol. The van der Waals surface area contributed by atoms with Gasteiger partial charge in [-0.25, -0.2) is 0 Å². The van der Waals surface area contributed by atoms with Gasteiger partial charge in [0.1, 0.15) is 6.04 Å². The molecule has 1 aromatic carbocycles. The molecule has 4 nitrogen and oxygen atoms in total. The lowest BCUT2D eigenvalue weighted by molar-refractivity contribution is 0.0989. The van der Waals surface area contributed by atoms with Crippen molar-refractivity contribution < 1.29 is 4.79 Å². The summed E-state index contributed by atoms with van der Waals surface area (Å²) in [5.74, 6) is -0.0555. The largest absolute Gasteiger partial charge is 0.294 e. The van der Waals surface area contributed by atoms with Gasteiger partial charge in [0, 0.05) is 26.3 Å². The second-order valence-corrected chi connectivity index (χ2v) is 7.08. The van der Waals surface area contributed by atoms with Crippen LogP contribution in [0, 0.1) is 6.92 Å². The van der Waals surface area contributed by atoms with E-state index in [1.54, 1.807) is 11.3 Å². The fourth-order valence-corrected chi connectivity index (χ4v) is 3.97. The molecule has 1 atom stereocenters. The molecule has 110 valence electrons. The third-order valence-corrected chi connectivity index (χ3v) is 5.32. The zero-order valence-corrected chi connectivity index (χ0v) is 14.1. The van der Waals surface area contributed by atoms with Crippen LogP contribution in [0.2, 0.25) is 0 Å². The molecule has 1 aliphatic heterocycles. The van der Waals surface area contributed by atoms with Crippen molar-refractivity contribution >= 4 is 38.9 Å². The molecule has 2 aromatic heterocycles. The number of thiophene rings is 1. The Morgan fingerprint density at radius 2 is 2.05 bits per heavy atom. The number of rotatable bonds is 2. The van der Waals surface area contributed by atoms with Crippen LogP contribution in [0.4, 0.5) is 5.69 Å². The lowest BCUT2D eigenvalue weighted by atomic mass is 10.1. The van der Waals surface area contributed by atoms with E-state index in [1.807, 2.05) is 47.5 Å². The number of hydrogen-bond acceptors (Lipinski definition) is 3. The first-order chi connectivity index (χ1) is 10.7.